The Bertz CT molecular complexity index is 209. The second-order valence-electron chi connectivity index (χ2n) is 3.86. The summed E-state index contributed by atoms with van der Waals surface area (Å²) in [5, 5.41) is 30.5. The first-order valence-corrected chi connectivity index (χ1v) is 4.77. The van der Waals surface area contributed by atoms with E-state index in [4.69, 9.17) is 5.11 Å². The molecule has 1 fully saturated rings. The third kappa shape index (κ3) is 2.43. The molecule has 5 nitrogen and oxygen atoms in total. The molecule has 14 heavy (non-hydrogen) atoms. The van der Waals surface area contributed by atoms with Crippen molar-refractivity contribution >= 4 is 5.91 Å². The van der Waals surface area contributed by atoms with Crippen molar-refractivity contribution in [2.75, 3.05) is 13.2 Å². The van der Waals surface area contributed by atoms with Crippen molar-refractivity contribution in [1.82, 2.24) is 5.32 Å². The van der Waals surface area contributed by atoms with E-state index in [-0.39, 0.29) is 24.3 Å². The van der Waals surface area contributed by atoms with E-state index in [0.29, 0.717) is 13.0 Å². The molecule has 0 radical (unpaired) electrons. The smallest absolute Gasteiger partial charge is 0.216 e. The van der Waals surface area contributed by atoms with Crippen molar-refractivity contribution in [3.05, 3.63) is 0 Å². The average molecular weight is 203 g/mol. The van der Waals surface area contributed by atoms with E-state index in [1.807, 2.05) is 0 Å². The molecule has 82 valence electrons. The number of rotatable bonds is 3. The van der Waals surface area contributed by atoms with Crippen LogP contribution >= 0.6 is 0 Å². The number of aliphatic hydroxyl groups is 3. The van der Waals surface area contributed by atoms with Crippen LogP contribution in [0, 0.1) is 11.8 Å². The summed E-state index contributed by atoms with van der Waals surface area (Å²) in [7, 11) is 0. The number of amides is 1. The summed E-state index contributed by atoms with van der Waals surface area (Å²) in [6.07, 6.45) is -1.18. The first kappa shape index (κ1) is 11.4. The van der Waals surface area contributed by atoms with Gasteiger partial charge in [-0.2, -0.15) is 0 Å². The van der Waals surface area contributed by atoms with Gasteiger partial charge in [-0.05, 0) is 6.42 Å². The molecule has 1 rings (SSSR count). The summed E-state index contributed by atoms with van der Waals surface area (Å²) >= 11 is 0. The van der Waals surface area contributed by atoms with Crippen molar-refractivity contribution in [2.24, 2.45) is 11.8 Å². The van der Waals surface area contributed by atoms with Crippen LogP contribution in [-0.2, 0) is 4.79 Å². The summed E-state index contributed by atoms with van der Waals surface area (Å²) in [6, 6.07) is 0. The number of hydrogen-bond donors (Lipinski definition) is 4. The molecule has 0 spiro atoms. The lowest BCUT2D eigenvalue weighted by Crippen LogP contribution is -2.35. The van der Waals surface area contributed by atoms with Gasteiger partial charge in [-0.15, -0.1) is 0 Å². The van der Waals surface area contributed by atoms with Crippen molar-refractivity contribution in [2.45, 2.75) is 25.6 Å². The molecular weight excluding hydrogens is 186 g/mol. The van der Waals surface area contributed by atoms with Crippen LogP contribution < -0.4 is 5.32 Å². The molecule has 1 amide bonds. The molecule has 0 saturated heterocycles. The third-order valence-corrected chi connectivity index (χ3v) is 2.77. The van der Waals surface area contributed by atoms with Crippen LogP contribution in [0.4, 0.5) is 0 Å². The van der Waals surface area contributed by atoms with Crippen molar-refractivity contribution in [3.63, 3.8) is 0 Å². The number of carbonyl (C=O) groups is 1. The lowest BCUT2D eigenvalue weighted by Gasteiger charge is -2.16. The first-order valence-electron chi connectivity index (χ1n) is 4.77. The second kappa shape index (κ2) is 4.72. The predicted molar refractivity (Wildman–Crippen MR) is 49.4 cm³/mol. The monoisotopic (exact) mass is 203 g/mol. The highest BCUT2D eigenvalue weighted by atomic mass is 16.3. The molecule has 5 heteroatoms. The first-order chi connectivity index (χ1) is 6.56. The second-order valence-corrected chi connectivity index (χ2v) is 3.86. The fourth-order valence-corrected chi connectivity index (χ4v) is 1.89. The van der Waals surface area contributed by atoms with Gasteiger partial charge in [0.25, 0.3) is 0 Å². The molecule has 0 heterocycles. The quantitative estimate of drug-likeness (QED) is 0.448. The molecule has 0 aliphatic heterocycles. The van der Waals surface area contributed by atoms with Crippen LogP contribution in [-0.4, -0.2) is 46.6 Å². The summed E-state index contributed by atoms with van der Waals surface area (Å²) in [6.45, 7) is 1.63. The van der Waals surface area contributed by atoms with Gasteiger partial charge in [-0.3, -0.25) is 4.79 Å². The zero-order valence-electron chi connectivity index (χ0n) is 8.18. The van der Waals surface area contributed by atoms with E-state index < -0.39 is 12.2 Å². The Balaban J connectivity index is 2.44. The molecule has 0 unspecified atom stereocenters. The van der Waals surface area contributed by atoms with E-state index in [0.717, 1.165) is 0 Å². The Morgan fingerprint density at radius 2 is 1.93 bits per heavy atom. The minimum atomic E-state index is -0.876. The predicted octanol–water partition coefficient (Wildman–Crippen LogP) is -1.53. The normalized spacial score (nSPS) is 37.1. The lowest BCUT2D eigenvalue weighted by molar-refractivity contribution is -0.119. The highest BCUT2D eigenvalue weighted by Crippen LogP contribution is 2.30. The molecule has 0 aromatic heterocycles. The Morgan fingerprint density at radius 1 is 1.36 bits per heavy atom. The van der Waals surface area contributed by atoms with Gasteiger partial charge in [-0.25, -0.2) is 0 Å². The molecule has 4 N–H and O–H groups in total. The summed E-state index contributed by atoms with van der Waals surface area (Å²) in [5.41, 5.74) is 0. The summed E-state index contributed by atoms with van der Waals surface area (Å²) < 4.78 is 0. The summed E-state index contributed by atoms with van der Waals surface area (Å²) in [4.78, 5) is 10.6. The minimum absolute atomic E-state index is 0.130. The van der Waals surface area contributed by atoms with Gasteiger partial charge >= 0.3 is 0 Å². The number of nitrogens with one attached hydrogen (secondary N) is 1. The van der Waals surface area contributed by atoms with Gasteiger partial charge in [0.15, 0.2) is 0 Å². The number of aliphatic hydroxyl groups excluding tert-OH is 3. The van der Waals surface area contributed by atoms with Crippen LogP contribution in [0.5, 0.6) is 0 Å². The highest BCUT2D eigenvalue weighted by molar-refractivity contribution is 5.72. The van der Waals surface area contributed by atoms with Gasteiger partial charge < -0.3 is 20.6 Å². The van der Waals surface area contributed by atoms with E-state index in [1.54, 1.807) is 0 Å². The highest BCUT2D eigenvalue weighted by Gasteiger charge is 2.40. The average Bonchev–Trinajstić information content (AvgIpc) is 2.41. The Hall–Kier alpha value is -0.650. The Morgan fingerprint density at radius 3 is 2.36 bits per heavy atom. The SMILES string of the molecule is CC(=O)NC[C@H]1C[C@H](CO)[C@H](O)[C@@H]1O. The molecule has 0 bridgehead atoms. The van der Waals surface area contributed by atoms with Crippen LogP contribution in [0.3, 0.4) is 0 Å². The van der Waals surface area contributed by atoms with E-state index >= 15 is 0 Å². The Kier molecular flexibility index (Phi) is 3.86. The van der Waals surface area contributed by atoms with Gasteiger partial charge in [0.2, 0.25) is 5.91 Å². The zero-order valence-corrected chi connectivity index (χ0v) is 8.18. The van der Waals surface area contributed by atoms with Crippen LogP contribution in [0.15, 0.2) is 0 Å². The molecule has 4 atom stereocenters. The molecule has 1 aliphatic rings. The fraction of sp³-hybridized carbons (Fsp3) is 0.889. The van der Waals surface area contributed by atoms with Crippen LogP contribution in [0.1, 0.15) is 13.3 Å². The standard InChI is InChI=1S/C9H17NO4/c1-5(12)10-3-6-2-7(4-11)9(14)8(6)13/h6-9,11,13-14H,2-4H2,1H3,(H,10,12)/t6-,7-,8-,9+/m1/s1. The minimum Gasteiger partial charge on any atom is -0.396 e. The molecule has 1 aliphatic carbocycles. The largest absolute Gasteiger partial charge is 0.396 e. The van der Waals surface area contributed by atoms with Crippen molar-refractivity contribution in [3.8, 4) is 0 Å². The number of hydrogen-bond acceptors (Lipinski definition) is 4. The van der Waals surface area contributed by atoms with Gasteiger partial charge in [0, 0.05) is 31.9 Å². The number of carbonyl (C=O) groups excluding carboxylic acids is 1. The van der Waals surface area contributed by atoms with Gasteiger partial charge in [-0.1, -0.05) is 0 Å². The maximum atomic E-state index is 10.6. The van der Waals surface area contributed by atoms with Gasteiger partial charge in [0.05, 0.1) is 12.2 Å². The fourth-order valence-electron chi connectivity index (χ4n) is 1.89. The lowest BCUT2D eigenvalue weighted by atomic mass is 10.0. The molecule has 0 aromatic carbocycles. The van der Waals surface area contributed by atoms with E-state index in [9.17, 15) is 15.0 Å². The van der Waals surface area contributed by atoms with Crippen LogP contribution in [0.2, 0.25) is 0 Å². The van der Waals surface area contributed by atoms with Crippen molar-refractivity contribution < 1.29 is 20.1 Å². The topological polar surface area (TPSA) is 89.8 Å². The van der Waals surface area contributed by atoms with E-state index in [1.165, 1.54) is 6.92 Å². The zero-order chi connectivity index (χ0) is 10.7. The molecule has 0 aromatic rings. The third-order valence-electron chi connectivity index (χ3n) is 2.77. The maximum absolute atomic E-state index is 10.6. The van der Waals surface area contributed by atoms with Crippen LogP contribution in [0.25, 0.3) is 0 Å². The Labute approximate surface area is 82.7 Å². The van der Waals surface area contributed by atoms with E-state index in [2.05, 4.69) is 5.32 Å². The maximum Gasteiger partial charge on any atom is 0.216 e. The van der Waals surface area contributed by atoms with Gasteiger partial charge in [0.1, 0.15) is 0 Å². The van der Waals surface area contributed by atoms with Crippen molar-refractivity contribution in [1.29, 1.82) is 0 Å². The summed E-state index contributed by atoms with van der Waals surface area (Å²) in [5.74, 6) is -0.589. The molecule has 1 saturated carbocycles. The molecular formula is C9H17NO4.